The van der Waals surface area contributed by atoms with Crippen LogP contribution >= 0.6 is 0 Å². The van der Waals surface area contributed by atoms with Crippen LogP contribution in [-0.4, -0.2) is 0 Å². The van der Waals surface area contributed by atoms with Crippen LogP contribution in [0.2, 0.25) is 0 Å². The lowest BCUT2D eigenvalue weighted by Crippen LogP contribution is -2.27. The summed E-state index contributed by atoms with van der Waals surface area (Å²) in [5.41, 5.74) is 7.36. The van der Waals surface area contributed by atoms with E-state index in [2.05, 4.69) is 86.3 Å². The van der Waals surface area contributed by atoms with Gasteiger partial charge >= 0.3 is 0 Å². The molecule has 0 heterocycles. The Kier molecular flexibility index (Phi) is 3.76. The van der Waals surface area contributed by atoms with Gasteiger partial charge in [-0.05, 0) is 47.1 Å². The second-order valence-electron chi connectivity index (χ2n) is 7.15. The lowest BCUT2D eigenvalue weighted by Gasteiger charge is -2.38. The van der Waals surface area contributed by atoms with Gasteiger partial charge in [0.15, 0.2) is 0 Å². The summed E-state index contributed by atoms with van der Waals surface area (Å²) in [5.74, 6) is 0.416. The van der Waals surface area contributed by atoms with E-state index in [1.807, 2.05) is 0 Å². The highest BCUT2D eigenvalue weighted by atomic mass is 14.5. The summed E-state index contributed by atoms with van der Waals surface area (Å²) in [6.45, 7) is 6.41. The predicted octanol–water partition coefficient (Wildman–Crippen LogP) is 6.66. The molecule has 1 atom stereocenters. The molecule has 0 saturated heterocycles. The first-order valence-electron chi connectivity index (χ1n) is 8.92. The first-order chi connectivity index (χ1) is 11.8. The maximum Gasteiger partial charge on any atom is 0.0196 e. The van der Waals surface area contributed by atoms with Crippen molar-refractivity contribution in [2.24, 2.45) is 5.41 Å². The van der Waals surface area contributed by atoms with Crippen molar-refractivity contribution in [1.29, 1.82) is 0 Å². The molecule has 120 valence electrons. The molecule has 0 aromatic heterocycles. The molecule has 0 N–H and O–H groups in total. The summed E-state index contributed by atoms with van der Waals surface area (Å²) in [6.07, 6.45) is 12.3. The fraction of sp³-hybridized carbons (Fsp3) is 0.250. The zero-order valence-corrected chi connectivity index (χ0v) is 14.3. The largest absolute Gasteiger partial charge is 0.103 e. The average molecular weight is 312 g/mol. The standard InChI is InChI=1S/C24H24/c1-3-4-17-24(2,18-11-5-6-12-18)23-21-15-9-7-13-19(21)20-14-8-10-16-22(20)23/h3,5,7-16,23H,1,4,6,17H2,2H3. The van der Waals surface area contributed by atoms with Gasteiger partial charge < -0.3 is 0 Å². The highest BCUT2D eigenvalue weighted by Crippen LogP contribution is 2.57. The zero-order valence-electron chi connectivity index (χ0n) is 14.3. The molecular formula is C24H24. The van der Waals surface area contributed by atoms with Crippen molar-refractivity contribution >= 4 is 0 Å². The average Bonchev–Trinajstić information content (AvgIpc) is 3.26. The van der Waals surface area contributed by atoms with Crippen LogP contribution in [0.15, 0.2) is 85.0 Å². The molecule has 2 aliphatic rings. The van der Waals surface area contributed by atoms with E-state index in [4.69, 9.17) is 0 Å². The van der Waals surface area contributed by atoms with Gasteiger partial charge in [0, 0.05) is 11.3 Å². The second kappa shape index (κ2) is 5.94. The number of fused-ring (bicyclic) bond motifs is 3. The van der Waals surface area contributed by atoms with E-state index in [9.17, 15) is 0 Å². The minimum absolute atomic E-state index is 0.101. The summed E-state index contributed by atoms with van der Waals surface area (Å²) >= 11 is 0. The summed E-state index contributed by atoms with van der Waals surface area (Å²) in [6, 6.07) is 17.9. The monoisotopic (exact) mass is 312 g/mol. The van der Waals surface area contributed by atoms with Gasteiger partial charge in [-0.2, -0.15) is 0 Å². The van der Waals surface area contributed by atoms with Gasteiger partial charge in [0.25, 0.3) is 0 Å². The Balaban J connectivity index is 1.92. The van der Waals surface area contributed by atoms with E-state index in [1.54, 1.807) is 0 Å². The van der Waals surface area contributed by atoms with Crippen molar-refractivity contribution in [1.82, 2.24) is 0 Å². The normalized spacial score (nSPS) is 18.0. The molecule has 0 spiro atoms. The van der Waals surface area contributed by atoms with E-state index in [0.29, 0.717) is 5.92 Å². The summed E-state index contributed by atoms with van der Waals surface area (Å²) in [4.78, 5) is 0. The van der Waals surface area contributed by atoms with Crippen LogP contribution in [0.5, 0.6) is 0 Å². The zero-order chi connectivity index (χ0) is 16.6. The van der Waals surface area contributed by atoms with Crippen LogP contribution in [0.25, 0.3) is 11.1 Å². The molecule has 2 aliphatic carbocycles. The van der Waals surface area contributed by atoms with Crippen LogP contribution in [-0.2, 0) is 0 Å². The number of rotatable bonds is 5. The molecule has 0 saturated carbocycles. The van der Waals surface area contributed by atoms with Crippen molar-refractivity contribution in [2.75, 3.05) is 0 Å². The number of allylic oxidation sites excluding steroid dienone is 5. The third kappa shape index (κ3) is 2.21. The first kappa shape index (κ1) is 15.2. The lowest BCUT2D eigenvalue weighted by atomic mass is 9.65. The fourth-order valence-corrected chi connectivity index (χ4v) is 4.58. The second-order valence-corrected chi connectivity index (χ2v) is 7.15. The minimum Gasteiger partial charge on any atom is -0.103 e. The smallest absolute Gasteiger partial charge is 0.0196 e. The fourth-order valence-electron chi connectivity index (χ4n) is 4.58. The van der Waals surface area contributed by atoms with Gasteiger partial charge in [-0.1, -0.05) is 79.8 Å². The number of hydrogen-bond donors (Lipinski definition) is 0. The molecule has 0 aliphatic heterocycles. The van der Waals surface area contributed by atoms with Gasteiger partial charge in [0.2, 0.25) is 0 Å². The Morgan fingerprint density at radius 1 is 1.04 bits per heavy atom. The molecular weight excluding hydrogens is 288 g/mol. The summed E-state index contributed by atoms with van der Waals surface area (Å²) in [5, 5.41) is 0. The van der Waals surface area contributed by atoms with Crippen LogP contribution in [0.1, 0.15) is 43.2 Å². The summed E-state index contributed by atoms with van der Waals surface area (Å²) < 4.78 is 0. The molecule has 0 fully saturated rings. The Bertz CT molecular complexity index is 791. The quantitative estimate of drug-likeness (QED) is 0.542. The van der Waals surface area contributed by atoms with E-state index < -0.39 is 0 Å². The molecule has 1 unspecified atom stereocenters. The highest BCUT2D eigenvalue weighted by molar-refractivity contribution is 5.79. The van der Waals surface area contributed by atoms with Gasteiger partial charge in [0.1, 0.15) is 0 Å². The number of hydrogen-bond acceptors (Lipinski definition) is 0. The van der Waals surface area contributed by atoms with E-state index in [-0.39, 0.29) is 5.41 Å². The van der Waals surface area contributed by atoms with Crippen molar-refractivity contribution in [3.8, 4) is 11.1 Å². The van der Waals surface area contributed by atoms with Gasteiger partial charge in [-0.25, -0.2) is 0 Å². The Morgan fingerprint density at radius 2 is 1.67 bits per heavy atom. The highest BCUT2D eigenvalue weighted by Gasteiger charge is 2.43. The molecule has 4 rings (SSSR count). The minimum atomic E-state index is 0.101. The Hall–Kier alpha value is -2.34. The lowest BCUT2D eigenvalue weighted by molar-refractivity contribution is 0.333. The molecule has 24 heavy (non-hydrogen) atoms. The molecule has 0 radical (unpaired) electrons. The Labute approximate surface area is 145 Å². The van der Waals surface area contributed by atoms with Crippen LogP contribution in [0.3, 0.4) is 0 Å². The molecule has 2 aromatic rings. The van der Waals surface area contributed by atoms with E-state index in [1.165, 1.54) is 27.8 Å². The third-order valence-electron chi connectivity index (χ3n) is 5.77. The van der Waals surface area contributed by atoms with Crippen molar-refractivity contribution in [3.63, 3.8) is 0 Å². The van der Waals surface area contributed by atoms with Crippen LogP contribution < -0.4 is 0 Å². The third-order valence-corrected chi connectivity index (χ3v) is 5.77. The predicted molar refractivity (Wildman–Crippen MR) is 103 cm³/mol. The first-order valence-corrected chi connectivity index (χ1v) is 8.92. The topological polar surface area (TPSA) is 0 Å². The molecule has 0 amide bonds. The van der Waals surface area contributed by atoms with Gasteiger partial charge in [-0.3, -0.25) is 0 Å². The molecule has 2 aromatic carbocycles. The van der Waals surface area contributed by atoms with Crippen LogP contribution in [0, 0.1) is 5.41 Å². The molecule has 0 nitrogen and oxygen atoms in total. The van der Waals surface area contributed by atoms with Gasteiger partial charge in [0.05, 0.1) is 0 Å². The Morgan fingerprint density at radius 3 is 2.21 bits per heavy atom. The van der Waals surface area contributed by atoms with Crippen molar-refractivity contribution in [3.05, 3.63) is 96.1 Å². The maximum atomic E-state index is 3.97. The molecule has 0 heteroatoms. The maximum absolute atomic E-state index is 3.97. The van der Waals surface area contributed by atoms with E-state index >= 15 is 0 Å². The van der Waals surface area contributed by atoms with Crippen LogP contribution in [0.4, 0.5) is 0 Å². The summed E-state index contributed by atoms with van der Waals surface area (Å²) in [7, 11) is 0. The van der Waals surface area contributed by atoms with Crippen molar-refractivity contribution in [2.45, 2.75) is 32.1 Å². The van der Waals surface area contributed by atoms with Crippen molar-refractivity contribution < 1.29 is 0 Å². The molecule has 0 bridgehead atoms. The van der Waals surface area contributed by atoms with Gasteiger partial charge in [-0.15, -0.1) is 6.58 Å². The van der Waals surface area contributed by atoms with E-state index in [0.717, 1.165) is 19.3 Å². The number of benzene rings is 2. The SMILES string of the molecule is C=CCCC(C)(C1=CCC=C1)C1c2ccccc2-c2ccccc21.